The highest BCUT2D eigenvalue weighted by molar-refractivity contribution is 5.94. The van der Waals surface area contributed by atoms with Gasteiger partial charge < -0.3 is 19.7 Å². The van der Waals surface area contributed by atoms with Crippen molar-refractivity contribution >= 4 is 5.91 Å². The zero-order valence-corrected chi connectivity index (χ0v) is 16.2. The first-order valence-electron chi connectivity index (χ1n) is 8.90. The predicted molar refractivity (Wildman–Crippen MR) is 103 cm³/mol. The number of likely N-dealkylation sites (N-methyl/N-ethyl adjacent to an activating group) is 1. The molecule has 140 valence electrons. The molecule has 0 aliphatic carbocycles. The van der Waals surface area contributed by atoms with Gasteiger partial charge in [0.1, 0.15) is 6.04 Å². The maximum atomic E-state index is 12.6. The Kier molecular flexibility index (Phi) is 7.04. The number of carbonyl (C=O) groups is 1. The highest BCUT2D eigenvalue weighted by Gasteiger charge is 2.19. The van der Waals surface area contributed by atoms with E-state index in [1.165, 1.54) is 10.5 Å². The molecule has 0 radical (unpaired) electrons. The Morgan fingerprint density at radius 3 is 2.35 bits per heavy atom. The van der Waals surface area contributed by atoms with Crippen molar-refractivity contribution in [1.29, 1.82) is 0 Å². The van der Waals surface area contributed by atoms with Crippen molar-refractivity contribution in [1.82, 2.24) is 5.32 Å². The summed E-state index contributed by atoms with van der Waals surface area (Å²) in [7, 11) is 5.75. The van der Waals surface area contributed by atoms with Crippen LogP contribution >= 0.6 is 0 Å². The second-order valence-corrected chi connectivity index (χ2v) is 6.78. The van der Waals surface area contributed by atoms with Gasteiger partial charge in [-0.3, -0.25) is 4.79 Å². The van der Waals surface area contributed by atoms with Gasteiger partial charge in [0.05, 0.1) is 33.9 Å². The van der Waals surface area contributed by atoms with Crippen LogP contribution in [0.5, 0.6) is 11.5 Å². The van der Waals surface area contributed by atoms with E-state index in [2.05, 4.69) is 31.5 Å². The molecule has 0 heterocycles. The maximum absolute atomic E-state index is 12.6. The molecule has 0 fully saturated rings. The molecule has 1 amide bonds. The van der Waals surface area contributed by atoms with E-state index in [0.717, 1.165) is 0 Å². The highest BCUT2D eigenvalue weighted by atomic mass is 16.5. The van der Waals surface area contributed by atoms with Crippen molar-refractivity contribution in [3.05, 3.63) is 59.7 Å². The van der Waals surface area contributed by atoms with Gasteiger partial charge in [-0.1, -0.05) is 30.3 Å². The van der Waals surface area contributed by atoms with Crippen LogP contribution in [-0.2, 0) is 0 Å². The summed E-state index contributed by atoms with van der Waals surface area (Å²) in [5.74, 6) is 1.07. The summed E-state index contributed by atoms with van der Waals surface area (Å²) in [6.45, 7) is 4.46. The predicted octanol–water partition coefficient (Wildman–Crippen LogP) is 2.10. The van der Waals surface area contributed by atoms with Gasteiger partial charge in [-0.25, -0.2) is 0 Å². The molecule has 0 aliphatic heterocycles. The summed E-state index contributed by atoms with van der Waals surface area (Å²) >= 11 is 0. The van der Waals surface area contributed by atoms with E-state index in [0.29, 0.717) is 23.6 Å². The normalized spacial score (nSPS) is 12.1. The summed E-state index contributed by atoms with van der Waals surface area (Å²) in [5, 5.41) is 3.03. The Bertz CT molecular complexity index is 714. The fraction of sp³-hybridized carbons (Fsp3) is 0.381. The van der Waals surface area contributed by atoms with Gasteiger partial charge in [-0.05, 0) is 32.0 Å². The van der Waals surface area contributed by atoms with E-state index in [4.69, 9.17) is 9.47 Å². The molecule has 26 heavy (non-hydrogen) atoms. The molecular formula is C21H29N2O3+. The van der Waals surface area contributed by atoms with Crippen LogP contribution in [-0.4, -0.2) is 39.8 Å². The lowest BCUT2D eigenvalue weighted by atomic mass is 10.1. The van der Waals surface area contributed by atoms with E-state index in [1.807, 2.05) is 32.0 Å². The van der Waals surface area contributed by atoms with Crippen molar-refractivity contribution in [2.45, 2.75) is 26.0 Å². The summed E-state index contributed by atoms with van der Waals surface area (Å²) in [6.07, 6.45) is 0.0401. The largest absolute Gasteiger partial charge is 0.493 e. The molecule has 0 saturated heterocycles. The van der Waals surface area contributed by atoms with Gasteiger partial charge >= 0.3 is 0 Å². The zero-order valence-electron chi connectivity index (χ0n) is 16.2. The van der Waals surface area contributed by atoms with Crippen LogP contribution in [0.1, 0.15) is 35.8 Å². The number of nitrogens with one attached hydrogen (secondary N) is 2. The lowest BCUT2D eigenvalue weighted by Gasteiger charge is -2.22. The summed E-state index contributed by atoms with van der Waals surface area (Å²) < 4.78 is 11.1. The molecule has 2 aromatic carbocycles. The van der Waals surface area contributed by atoms with Gasteiger partial charge in [0.15, 0.2) is 11.5 Å². The first kappa shape index (κ1) is 19.8. The average Bonchev–Trinajstić information content (AvgIpc) is 2.62. The number of hydrogen-bond acceptors (Lipinski definition) is 3. The summed E-state index contributed by atoms with van der Waals surface area (Å²) in [5.41, 5.74) is 1.75. The third kappa shape index (κ3) is 5.23. The van der Waals surface area contributed by atoms with Gasteiger partial charge in [0, 0.05) is 11.1 Å². The number of methoxy groups -OCH3 is 1. The molecule has 1 atom stereocenters. The smallest absolute Gasteiger partial charge is 0.251 e. The van der Waals surface area contributed by atoms with Gasteiger partial charge in [0.2, 0.25) is 0 Å². The highest BCUT2D eigenvalue weighted by Crippen LogP contribution is 2.29. The Hall–Kier alpha value is -2.53. The number of hydrogen-bond donors (Lipinski definition) is 2. The third-order valence-electron chi connectivity index (χ3n) is 4.15. The number of quaternary nitrogens is 1. The molecule has 0 unspecified atom stereocenters. The molecule has 2 aromatic rings. The molecule has 0 bridgehead atoms. The van der Waals surface area contributed by atoms with Crippen LogP contribution in [0.15, 0.2) is 48.5 Å². The van der Waals surface area contributed by atoms with Gasteiger partial charge in [0.25, 0.3) is 5.91 Å². The number of benzene rings is 2. The van der Waals surface area contributed by atoms with Crippen molar-refractivity contribution in [3.8, 4) is 11.5 Å². The van der Waals surface area contributed by atoms with Crippen molar-refractivity contribution in [2.24, 2.45) is 0 Å². The maximum Gasteiger partial charge on any atom is 0.251 e. The van der Waals surface area contributed by atoms with Gasteiger partial charge in [-0.15, -0.1) is 0 Å². The number of amides is 1. The molecule has 0 aromatic heterocycles. The molecule has 5 nitrogen and oxygen atoms in total. The third-order valence-corrected chi connectivity index (χ3v) is 4.15. The molecule has 5 heteroatoms. The monoisotopic (exact) mass is 357 g/mol. The van der Waals surface area contributed by atoms with Crippen LogP contribution in [0.2, 0.25) is 0 Å². The Balaban J connectivity index is 2.09. The van der Waals surface area contributed by atoms with Crippen LogP contribution in [0.3, 0.4) is 0 Å². The molecule has 0 aliphatic rings. The molecule has 2 N–H and O–H groups in total. The minimum atomic E-state index is -0.124. The summed E-state index contributed by atoms with van der Waals surface area (Å²) in [4.78, 5) is 13.8. The standard InChI is InChI=1S/C21H28N2O3/c1-15(2)26-19-12-11-17(13-20(19)25-5)21(24)22-14-18(23(3)4)16-9-7-6-8-10-16/h6-13,15,18H,14H2,1-5H3,(H,22,24)/p+1/t18-/m0/s1. The molecule has 0 saturated carbocycles. The van der Waals surface area contributed by atoms with E-state index in [-0.39, 0.29) is 18.1 Å². The first-order chi connectivity index (χ1) is 12.4. The number of carbonyl (C=O) groups excluding carboxylic acids is 1. The average molecular weight is 357 g/mol. The van der Waals surface area contributed by atoms with Crippen LogP contribution < -0.4 is 19.7 Å². The quantitative estimate of drug-likeness (QED) is 0.761. The fourth-order valence-electron chi connectivity index (χ4n) is 2.80. The van der Waals surface area contributed by atoms with E-state index >= 15 is 0 Å². The van der Waals surface area contributed by atoms with E-state index < -0.39 is 0 Å². The molecule has 2 rings (SSSR count). The Morgan fingerprint density at radius 2 is 1.77 bits per heavy atom. The van der Waals surface area contributed by atoms with Crippen LogP contribution in [0.25, 0.3) is 0 Å². The lowest BCUT2D eigenvalue weighted by Crippen LogP contribution is -3.07. The van der Waals surface area contributed by atoms with E-state index in [1.54, 1.807) is 25.3 Å². The Morgan fingerprint density at radius 1 is 1.08 bits per heavy atom. The van der Waals surface area contributed by atoms with Crippen molar-refractivity contribution in [2.75, 3.05) is 27.7 Å². The minimum Gasteiger partial charge on any atom is -0.493 e. The van der Waals surface area contributed by atoms with Gasteiger partial charge in [-0.2, -0.15) is 0 Å². The minimum absolute atomic E-state index is 0.0401. The number of rotatable bonds is 8. The van der Waals surface area contributed by atoms with Crippen LogP contribution in [0, 0.1) is 0 Å². The second-order valence-electron chi connectivity index (χ2n) is 6.78. The van der Waals surface area contributed by atoms with E-state index in [9.17, 15) is 4.79 Å². The molecular weight excluding hydrogens is 328 g/mol. The number of ether oxygens (including phenoxy) is 2. The van der Waals surface area contributed by atoms with Crippen LogP contribution in [0.4, 0.5) is 0 Å². The lowest BCUT2D eigenvalue weighted by molar-refractivity contribution is -0.890. The Labute approximate surface area is 155 Å². The second kappa shape index (κ2) is 9.25. The molecule has 0 spiro atoms. The van der Waals surface area contributed by atoms with Crippen molar-refractivity contribution in [3.63, 3.8) is 0 Å². The SMILES string of the molecule is COc1cc(C(=O)NC[C@@H](c2ccccc2)[NH+](C)C)ccc1OC(C)C. The first-order valence-corrected chi connectivity index (χ1v) is 8.90. The zero-order chi connectivity index (χ0) is 19.1. The fourth-order valence-corrected chi connectivity index (χ4v) is 2.80. The van der Waals surface area contributed by atoms with Crippen molar-refractivity contribution < 1.29 is 19.2 Å². The topological polar surface area (TPSA) is 52.0 Å². The summed E-state index contributed by atoms with van der Waals surface area (Å²) in [6, 6.07) is 15.7.